The van der Waals surface area contributed by atoms with Gasteiger partial charge in [0.2, 0.25) is 5.91 Å². The number of amides is 2. The number of hydrogen-bond donors (Lipinski definition) is 3. The highest BCUT2D eigenvalue weighted by atomic mass is 32.1. The van der Waals surface area contributed by atoms with Gasteiger partial charge in [0, 0.05) is 24.3 Å². The van der Waals surface area contributed by atoms with Gasteiger partial charge in [-0.1, -0.05) is 43.6 Å². The van der Waals surface area contributed by atoms with Gasteiger partial charge in [0.05, 0.1) is 5.56 Å². The van der Waals surface area contributed by atoms with Crippen LogP contribution in [0.15, 0.2) is 42.6 Å². The van der Waals surface area contributed by atoms with Crippen LogP contribution in [-0.2, 0) is 11.3 Å². The maximum Gasteiger partial charge on any atom is 0.254 e. The Hall–Kier alpha value is -2.47. The van der Waals surface area contributed by atoms with Crippen LogP contribution in [0.3, 0.4) is 0 Å². The van der Waals surface area contributed by atoms with E-state index >= 15 is 0 Å². The van der Waals surface area contributed by atoms with Crippen molar-refractivity contribution in [2.24, 2.45) is 5.92 Å². The lowest BCUT2D eigenvalue weighted by Gasteiger charge is -2.20. The highest BCUT2D eigenvalue weighted by Gasteiger charge is 2.21. The van der Waals surface area contributed by atoms with Crippen molar-refractivity contribution >= 4 is 29.7 Å². The molecule has 0 aliphatic heterocycles. The van der Waals surface area contributed by atoms with E-state index in [0.717, 1.165) is 36.9 Å². The second-order valence-electron chi connectivity index (χ2n) is 6.62. The standard InChI is InChI=1S/C20H23N3O2S/c24-18(15-7-2-1-3-8-15)23-16-9-4-6-14(12-16)13-22-19(25)17-10-5-11-21-20(17)26/h4-6,9-12,15H,1-3,7-8,13H2,(H,21,26)(H,22,25)(H,23,24). The predicted octanol–water partition coefficient (Wildman–Crippen LogP) is 4.19. The molecule has 2 amide bonds. The lowest BCUT2D eigenvalue weighted by Crippen LogP contribution is -2.25. The van der Waals surface area contributed by atoms with Gasteiger partial charge in [0.25, 0.3) is 5.91 Å². The third-order valence-electron chi connectivity index (χ3n) is 4.69. The molecule has 1 aliphatic carbocycles. The SMILES string of the molecule is O=C(NCc1cccc(NC(=O)C2CCCCC2)c1)c1ccc[nH]c1=S. The van der Waals surface area contributed by atoms with Crippen LogP contribution < -0.4 is 10.6 Å². The topological polar surface area (TPSA) is 74.0 Å². The Balaban J connectivity index is 1.59. The van der Waals surface area contributed by atoms with Crippen molar-refractivity contribution in [3.63, 3.8) is 0 Å². The summed E-state index contributed by atoms with van der Waals surface area (Å²) in [6.45, 7) is 0.371. The van der Waals surface area contributed by atoms with Crippen molar-refractivity contribution < 1.29 is 9.59 Å². The van der Waals surface area contributed by atoms with E-state index in [2.05, 4.69) is 15.6 Å². The molecule has 0 spiro atoms. The summed E-state index contributed by atoms with van der Waals surface area (Å²) in [5.74, 6) is -0.00290. The third-order valence-corrected chi connectivity index (χ3v) is 5.02. The number of benzene rings is 1. The summed E-state index contributed by atoms with van der Waals surface area (Å²) < 4.78 is 0.415. The first-order chi connectivity index (χ1) is 12.6. The molecule has 0 unspecified atom stereocenters. The van der Waals surface area contributed by atoms with E-state index in [9.17, 15) is 9.59 Å². The molecular formula is C20H23N3O2S. The Bertz CT molecular complexity index is 841. The summed E-state index contributed by atoms with van der Waals surface area (Å²) in [5, 5.41) is 5.87. The monoisotopic (exact) mass is 369 g/mol. The molecule has 0 radical (unpaired) electrons. The fourth-order valence-electron chi connectivity index (χ4n) is 3.25. The van der Waals surface area contributed by atoms with Crippen molar-refractivity contribution in [1.29, 1.82) is 0 Å². The molecule has 3 rings (SSSR count). The fraction of sp³-hybridized carbons (Fsp3) is 0.350. The lowest BCUT2D eigenvalue weighted by atomic mass is 9.88. The molecule has 136 valence electrons. The average molecular weight is 369 g/mol. The van der Waals surface area contributed by atoms with E-state index in [-0.39, 0.29) is 17.7 Å². The van der Waals surface area contributed by atoms with E-state index < -0.39 is 0 Å². The predicted molar refractivity (Wildman–Crippen MR) is 104 cm³/mol. The maximum absolute atomic E-state index is 12.4. The van der Waals surface area contributed by atoms with Crippen molar-refractivity contribution in [1.82, 2.24) is 10.3 Å². The molecule has 0 atom stereocenters. The molecule has 5 nitrogen and oxygen atoms in total. The highest BCUT2D eigenvalue weighted by molar-refractivity contribution is 7.71. The number of aromatic amines is 1. The van der Waals surface area contributed by atoms with E-state index in [0.29, 0.717) is 16.7 Å². The number of nitrogens with one attached hydrogen (secondary N) is 3. The van der Waals surface area contributed by atoms with Crippen LogP contribution in [0.25, 0.3) is 0 Å². The second-order valence-corrected chi connectivity index (χ2v) is 7.03. The normalized spacial score (nSPS) is 14.6. The Morgan fingerprint density at radius 1 is 1.12 bits per heavy atom. The van der Waals surface area contributed by atoms with Crippen LogP contribution in [0, 0.1) is 10.6 Å². The van der Waals surface area contributed by atoms with Gasteiger partial charge in [-0.15, -0.1) is 0 Å². The van der Waals surface area contributed by atoms with Crippen LogP contribution in [-0.4, -0.2) is 16.8 Å². The summed E-state index contributed by atoms with van der Waals surface area (Å²) in [7, 11) is 0. The Labute approximate surface area is 158 Å². The van der Waals surface area contributed by atoms with Gasteiger partial charge in [0.15, 0.2) is 0 Å². The zero-order valence-corrected chi connectivity index (χ0v) is 15.4. The number of pyridine rings is 1. The summed E-state index contributed by atoms with van der Waals surface area (Å²) in [4.78, 5) is 27.5. The molecule has 6 heteroatoms. The number of H-pyrrole nitrogens is 1. The first kappa shape index (κ1) is 18.3. The van der Waals surface area contributed by atoms with Crippen molar-refractivity contribution in [3.05, 3.63) is 58.4 Å². The third kappa shape index (κ3) is 4.79. The van der Waals surface area contributed by atoms with Crippen molar-refractivity contribution in [2.75, 3.05) is 5.32 Å². The second kappa shape index (κ2) is 8.76. The Kier molecular flexibility index (Phi) is 6.17. The molecular weight excluding hydrogens is 346 g/mol. The summed E-state index contributed by atoms with van der Waals surface area (Å²) >= 11 is 5.13. The molecule has 3 N–H and O–H groups in total. The Morgan fingerprint density at radius 3 is 2.69 bits per heavy atom. The number of carbonyl (C=O) groups is 2. The minimum Gasteiger partial charge on any atom is -0.352 e. The molecule has 1 heterocycles. The van der Waals surface area contributed by atoms with E-state index in [1.807, 2.05) is 24.3 Å². The first-order valence-electron chi connectivity index (χ1n) is 8.99. The van der Waals surface area contributed by atoms with Gasteiger partial charge >= 0.3 is 0 Å². The quantitative estimate of drug-likeness (QED) is 0.692. The zero-order valence-electron chi connectivity index (χ0n) is 14.6. The van der Waals surface area contributed by atoms with Gasteiger partial charge < -0.3 is 15.6 Å². The molecule has 1 fully saturated rings. The van der Waals surface area contributed by atoms with Crippen LogP contribution in [0.5, 0.6) is 0 Å². The van der Waals surface area contributed by atoms with Gasteiger partial charge in [-0.05, 0) is 42.7 Å². The minimum absolute atomic E-state index is 0.0986. The average Bonchev–Trinajstić information content (AvgIpc) is 2.67. The van der Waals surface area contributed by atoms with E-state index in [1.165, 1.54) is 6.42 Å². The zero-order chi connectivity index (χ0) is 18.4. The highest BCUT2D eigenvalue weighted by Crippen LogP contribution is 2.25. The number of hydrogen-bond acceptors (Lipinski definition) is 3. The van der Waals surface area contributed by atoms with Gasteiger partial charge in [-0.3, -0.25) is 9.59 Å². The van der Waals surface area contributed by atoms with Crippen LogP contribution in [0.4, 0.5) is 5.69 Å². The minimum atomic E-state index is -0.219. The molecule has 0 saturated heterocycles. The lowest BCUT2D eigenvalue weighted by molar-refractivity contribution is -0.120. The number of aromatic nitrogens is 1. The molecule has 2 aromatic rings. The van der Waals surface area contributed by atoms with Gasteiger partial charge in [0.1, 0.15) is 4.64 Å². The Morgan fingerprint density at radius 2 is 1.92 bits per heavy atom. The molecule has 0 bridgehead atoms. The van der Waals surface area contributed by atoms with Crippen LogP contribution >= 0.6 is 12.2 Å². The van der Waals surface area contributed by atoms with Crippen molar-refractivity contribution in [2.45, 2.75) is 38.6 Å². The number of anilines is 1. The summed E-state index contributed by atoms with van der Waals surface area (Å²) in [6.07, 6.45) is 7.12. The molecule has 26 heavy (non-hydrogen) atoms. The van der Waals surface area contributed by atoms with E-state index in [1.54, 1.807) is 18.3 Å². The van der Waals surface area contributed by atoms with Crippen LogP contribution in [0.1, 0.15) is 48.0 Å². The van der Waals surface area contributed by atoms with Gasteiger partial charge in [-0.2, -0.15) is 0 Å². The largest absolute Gasteiger partial charge is 0.352 e. The number of carbonyl (C=O) groups excluding carboxylic acids is 2. The van der Waals surface area contributed by atoms with Gasteiger partial charge in [-0.25, -0.2) is 0 Å². The fourth-order valence-corrected chi connectivity index (χ4v) is 3.47. The van der Waals surface area contributed by atoms with Crippen LogP contribution in [0.2, 0.25) is 0 Å². The maximum atomic E-state index is 12.4. The van der Waals surface area contributed by atoms with E-state index in [4.69, 9.17) is 12.2 Å². The summed E-state index contributed by atoms with van der Waals surface area (Å²) in [6, 6.07) is 11.0. The molecule has 1 aliphatic rings. The summed E-state index contributed by atoms with van der Waals surface area (Å²) in [5.41, 5.74) is 2.14. The molecule has 1 aromatic heterocycles. The van der Waals surface area contributed by atoms with Crippen molar-refractivity contribution in [3.8, 4) is 0 Å². The number of rotatable bonds is 5. The molecule has 1 saturated carbocycles. The molecule has 1 aromatic carbocycles. The first-order valence-corrected chi connectivity index (χ1v) is 9.40. The smallest absolute Gasteiger partial charge is 0.254 e.